The highest BCUT2D eigenvalue weighted by Gasteiger charge is 2.28. The lowest BCUT2D eigenvalue weighted by molar-refractivity contribution is -0.0538. The molecule has 8 heteroatoms. The van der Waals surface area contributed by atoms with Crippen LogP contribution in [-0.2, 0) is 27.2 Å². The molecule has 0 saturated carbocycles. The smallest absolute Gasteiger partial charge is 0.334 e. The molecule has 0 spiro atoms. The van der Waals surface area contributed by atoms with Gasteiger partial charge in [-0.3, -0.25) is 0 Å². The van der Waals surface area contributed by atoms with E-state index in [2.05, 4.69) is 13.1 Å². The Bertz CT molecular complexity index is 225. The first-order valence-electron chi connectivity index (χ1n) is 8.31. The molecule has 0 aromatic heterocycles. The molecule has 0 bridgehead atoms. The highest BCUT2D eigenvalue weighted by molar-refractivity contribution is 6.66. The van der Waals surface area contributed by atoms with Gasteiger partial charge in [0, 0.05) is 41.7 Å². The van der Waals surface area contributed by atoms with E-state index in [4.69, 9.17) is 27.2 Å². The molecule has 0 aliphatic rings. The first-order valence-corrected chi connectivity index (χ1v) is 13.4. The Labute approximate surface area is 152 Å². The van der Waals surface area contributed by atoms with E-state index < -0.39 is 17.1 Å². The van der Waals surface area contributed by atoms with Crippen LogP contribution in [0.4, 0.5) is 0 Å². The maximum Gasteiger partial charge on any atom is 0.334 e. The van der Waals surface area contributed by atoms with Gasteiger partial charge in [-0.2, -0.15) is 0 Å². The summed E-state index contributed by atoms with van der Waals surface area (Å²) in [5.74, 6) is 0. The summed E-state index contributed by atoms with van der Waals surface area (Å²) < 4.78 is 32.5. The molecule has 0 saturated heterocycles. The van der Waals surface area contributed by atoms with Crippen molar-refractivity contribution >= 4 is 17.1 Å². The number of rotatable bonds is 14. The molecule has 0 N–H and O–H groups in total. The highest BCUT2D eigenvalue weighted by Crippen LogP contribution is 2.14. The fourth-order valence-corrected chi connectivity index (χ4v) is 4.47. The third kappa shape index (κ3) is 14.5. The van der Waals surface area contributed by atoms with Crippen LogP contribution in [0.15, 0.2) is 0 Å². The molecule has 0 radical (unpaired) electrons. The van der Waals surface area contributed by atoms with Gasteiger partial charge in [-0.1, -0.05) is 21.3 Å². The van der Waals surface area contributed by atoms with Crippen LogP contribution in [0.1, 0.15) is 34.1 Å². The van der Waals surface area contributed by atoms with Crippen molar-refractivity contribution in [1.29, 1.82) is 0 Å². The lowest BCUT2D eigenvalue weighted by Crippen LogP contribution is -2.36. The molecule has 0 aliphatic heterocycles. The zero-order chi connectivity index (χ0) is 18.2. The molecular formula is C16H42O6Si2. The molecule has 24 heavy (non-hydrogen) atoms. The number of ether oxygens (including phenoxy) is 2. The Kier molecular flexibility index (Phi) is 21.7. The monoisotopic (exact) mass is 386 g/mol. The minimum atomic E-state index is -1.95. The normalized spacial score (nSPS) is 11.5. The average Bonchev–Trinajstić information content (AvgIpc) is 2.61. The van der Waals surface area contributed by atoms with E-state index in [1.54, 1.807) is 28.4 Å². The molecule has 0 aromatic rings. The van der Waals surface area contributed by atoms with Crippen molar-refractivity contribution in [2.24, 2.45) is 0 Å². The summed E-state index contributed by atoms with van der Waals surface area (Å²) >= 11 is 0. The van der Waals surface area contributed by atoms with Gasteiger partial charge >= 0.3 is 17.1 Å². The summed E-state index contributed by atoms with van der Waals surface area (Å²) in [5, 5.41) is 0. The largest absolute Gasteiger partial charge is 0.398 e. The zero-order valence-electron chi connectivity index (χ0n) is 16.4. The molecule has 0 atom stereocenters. The number of hydrogen-bond donors (Lipinski definition) is 0. The Morgan fingerprint density at radius 3 is 1.17 bits per heavy atom. The summed E-state index contributed by atoms with van der Waals surface area (Å²) in [5.41, 5.74) is 0. The van der Waals surface area contributed by atoms with Crippen molar-refractivity contribution in [2.45, 2.75) is 59.3 Å². The van der Waals surface area contributed by atoms with Gasteiger partial charge in [0.1, 0.15) is 6.79 Å². The van der Waals surface area contributed by atoms with Crippen LogP contribution in [0.3, 0.4) is 0 Å². The second kappa shape index (κ2) is 18.0. The van der Waals surface area contributed by atoms with Crippen LogP contribution in [0.5, 0.6) is 0 Å². The lowest BCUT2D eigenvalue weighted by Gasteiger charge is -2.22. The molecule has 0 heterocycles. The number of hydrogen-bond acceptors (Lipinski definition) is 6. The third-order valence-corrected chi connectivity index (χ3v) is 9.71. The SMILES string of the molecule is C.CC.CO[Si](C)(CCCOCOCCC[Si](C)(OC)OC)OC. The van der Waals surface area contributed by atoms with Crippen LogP contribution in [0.25, 0.3) is 0 Å². The van der Waals surface area contributed by atoms with Crippen molar-refractivity contribution in [3.63, 3.8) is 0 Å². The van der Waals surface area contributed by atoms with Crippen LogP contribution in [0, 0.1) is 0 Å². The quantitative estimate of drug-likeness (QED) is 0.254. The van der Waals surface area contributed by atoms with E-state index in [-0.39, 0.29) is 7.43 Å². The van der Waals surface area contributed by atoms with Crippen molar-refractivity contribution in [3.05, 3.63) is 0 Å². The molecule has 0 unspecified atom stereocenters. The first kappa shape index (κ1) is 29.0. The predicted molar refractivity (Wildman–Crippen MR) is 105 cm³/mol. The molecule has 0 amide bonds. The van der Waals surface area contributed by atoms with Crippen LogP contribution >= 0.6 is 0 Å². The molecule has 6 nitrogen and oxygen atoms in total. The van der Waals surface area contributed by atoms with E-state index in [1.165, 1.54) is 0 Å². The molecule has 0 rings (SSSR count). The first-order chi connectivity index (χ1) is 10.9. The van der Waals surface area contributed by atoms with E-state index in [0.29, 0.717) is 20.0 Å². The molecule has 0 fully saturated rings. The van der Waals surface area contributed by atoms with Gasteiger partial charge in [0.05, 0.1) is 0 Å². The summed E-state index contributed by atoms with van der Waals surface area (Å²) in [4.78, 5) is 0. The van der Waals surface area contributed by atoms with Crippen LogP contribution < -0.4 is 0 Å². The average molecular weight is 387 g/mol. The van der Waals surface area contributed by atoms with Gasteiger partial charge in [0.15, 0.2) is 0 Å². The van der Waals surface area contributed by atoms with Crippen LogP contribution in [0.2, 0.25) is 25.2 Å². The van der Waals surface area contributed by atoms with Crippen molar-refractivity contribution in [2.75, 3.05) is 48.4 Å². The van der Waals surface area contributed by atoms with Gasteiger partial charge in [0.25, 0.3) is 0 Å². The Hall–Kier alpha value is 0.194. The highest BCUT2D eigenvalue weighted by atomic mass is 28.4. The lowest BCUT2D eigenvalue weighted by atomic mass is 10.5. The van der Waals surface area contributed by atoms with Gasteiger partial charge < -0.3 is 27.2 Å². The minimum Gasteiger partial charge on any atom is -0.398 e. The van der Waals surface area contributed by atoms with Crippen molar-refractivity contribution < 1.29 is 27.2 Å². The van der Waals surface area contributed by atoms with Gasteiger partial charge in [0.2, 0.25) is 0 Å². The predicted octanol–water partition coefficient (Wildman–Crippen LogP) is 4.15. The summed E-state index contributed by atoms with van der Waals surface area (Å²) in [6.45, 7) is 9.76. The third-order valence-electron chi connectivity index (χ3n) is 3.73. The molecule has 0 aliphatic carbocycles. The van der Waals surface area contributed by atoms with Crippen molar-refractivity contribution in [3.8, 4) is 0 Å². The van der Waals surface area contributed by atoms with Gasteiger partial charge in [-0.15, -0.1) is 0 Å². The second-order valence-electron chi connectivity index (χ2n) is 5.23. The van der Waals surface area contributed by atoms with E-state index in [1.807, 2.05) is 13.8 Å². The zero-order valence-corrected chi connectivity index (χ0v) is 18.4. The maximum atomic E-state index is 5.44. The van der Waals surface area contributed by atoms with Gasteiger partial charge in [-0.05, 0) is 38.0 Å². The minimum absolute atomic E-state index is 0. The fraction of sp³-hybridized carbons (Fsp3) is 1.00. The molecular weight excluding hydrogens is 344 g/mol. The Morgan fingerprint density at radius 2 is 0.917 bits per heavy atom. The summed E-state index contributed by atoms with van der Waals surface area (Å²) in [6.07, 6.45) is 1.85. The maximum absolute atomic E-state index is 5.44. The fourth-order valence-electron chi connectivity index (χ4n) is 1.74. The Balaban J connectivity index is -0.00000141. The van der Waals surface area contributed by atoms with Crippen LogP contribution in [-0.4, -0.2) is 65.6 Å². The molecule has 150 valence electrons. The topological polar surface area (TPSA) is 55.4 Å². The van der Waals surface area contributed by atoms with E-state index in [9.17, 15) is 0 Å². The summed E-state index contributed by atoms with van der Waals surface area (Å²) in [6, 6.07) is 1.84. The van der Waals surface area contributed by atoms with Crippen molar-refractivity contribution in [1.82, 2.24) is 0 Å². The van der Waals surface area contributed by atoms with E-state index in [0.717, 1.165) is 24.9 Å². The Morgan fingerprint density at radius 1 is 0.625 bits per heavy atom. The molecule has 0 aromatic carbocycles. The summed E-state index contributed by atoms with van der Waals surface area (Å²) in [7, 11) is 2.92. The van der Waals surface area contributed by atoms with E-state index >= 15 is 0 Å². The second-order valence-corrected chi connectivity index (χ2v) is 12.4. The standard InChI is InChI=1S/C13H32O6Si2.C2H6.CH4/c1-14-20(5,15-2)11-7-9-18-13-19-10-8-12-21(6,16-3)17-4;1-2;/h7-13H2,1-6H3;1-2H3;1H4. The van der Waals surface area contributed by atoms with Gasteiger partial charge in [-0.25, -0.2) is 0 Å².